The molecule has 9 heteroatoms. The number of carbonyl (C=O) groups excluding carboxylic acids is 2. The molecule has 7 nitrogen and oxygen atoms in total. The molecule has 0 saturated heterocycles. The molecule has 2 N–H and O–H groups in total. The van der Waals surface area contributed by atoms with Gasteiger partial charge in [0.05, 0.1) is 12.2 Å². The summed E-state index contributed by atoms with van der Waals surface area (Å²) in [5.41, 5.74) is 5.57. The number of amides is 2. The summed E-state index contributed by atoms with van der Waals surface area (Å²) in [7, 11) is 1.87. The van der Waals surface area contributed by atoms with Crippen LogP contribution in [0.3, 0.4) is 0 Å². The third kappa shape index (κ3) is 5.69. The van der Waals surface area contributed by atoms with Gasteiger partial charge in [-0.05, 0) is 61.4 Å². The molecule has 2 heterocycles. The molecule has 1 aromatic heterocycles. The summed E-state index contributed by atoms with van der Waals surface area (Å²) >= 11 is 8.66. The third-order valence-electron chi connectivity index (χ3n) is 7.23. The molecule has 2 amide bonds. The van der Waals surface area contributed by atoms with Crippen molar-refractivity contribution in [3.05, 3.63) is 99.7 Å². The number of phenols is 1. The monoisotopic (exact) mass is 669 g/mol. The molecule has 1 aliphatic heterocycles. The second kappa shape index (κ2) is 11.9. The lowest BCUT2D eigenvalue weighted by atomic mass is 9.97. The summed E-state index contributed by atoms with van der Waals surface area (Å²) in [6, 6.07) is 19.7. The lowest BCUT2D eigenvalue weighted by Crippen LogP contribution is -2.36. The van der Waals surface area contributed by atoms with Crippen molar-refractivity contribution in [3.8, 4) is 22.8 Å². The zero-order chi connectivity index (χ0) is 28.4. The zero-order valence-corrected chi connectivity index (χ0v) is 25.1. The number of alkyl halides is 1. The molecule has 40 heavy (non-hydrogen) atoms. The molecule has 0 saturated carbocycles. The first kappa shape index (κ1) is 28.0. The molecule has 3 aromatic carbocycles. The largest absolute Gasteiger partial charge is 0.508 e. The van der Waals surface area contributed by atoms with Crippen LogP contribution in [0.2, 0.25) is 5.02 Å². The van der Waals surface area contributed by atoms with Crippen LogP contribution in [0.25, 0.3) is 11.3 Å². The number of halogens is 2. The van der Waals surface area contributed by atoms with Crippen molar-refractivity contribution in [2.45, 2.75) is 19.9 Å². The molecule has 1 aliphatic rings. The maximum absolute atomic E-state index is 13.8. The van der Waals surface area contributed by atoms with Crippen molar-refractivity contribution in [2.75, 3.05) is 22.9 Å². The molecule has 0 aliphatic carbocycles. The van der Waals surface area contributed by atoms with Gasteiger partial charge in [-0.3, -0.25) is 9.59 Å². The number of aromatic hydroxyl groups is 1. The van der Waals surface area contributed by atoms with E-state index in [0.717, 1.165) is 21.2 Å². The molecule has 5 rings (SSSR count). The van der Waals surface area contributed by atoms with Crippen molar-refractivity contribution < 1.29 is 19.4 Å². The Kier molecular flexibility index (Phi) is 8.37. The van der Waals surface area contributed by atoms with Crippen molar-refractivity contribution >= 4 is 51.7 Å². The van der Waals surface area contributed by atoms with E-state index in [1.165, 1.54) is 0 Å². The smallest absolute Gasteiger partial charge is 0.257 e. The van der Waals surface area contributed by atoms with Crippen molar-refractivity contribution in [1.29, 1.82) is 0 Å². The highest BCUT2D eigenvalue weighted by atomic mass is 127. The van der Waals surface area contributed by atoms with Gasteiger partial charge in [0.2, 0.25) is 0 Å². The molecule has 0 spiro atoms. The first-order valence-electron chi connectivity index (χ1n) is 12.9. The Morgan fingerprint density at radius 3 is 2.67 bits per heavy atom. The Morgan fingerprint density at radius 2 is 1.88 bits per heavy atom. The van der Waals surface area contributed by atoms with Crippen LogP contribution in [0.4, 0.5) is 5.69 Å². The quantitative estimate of drug-likeness (QED) is 0.171. The van der Waals surface area contributed by atoms with Gasteiger partial charge < -0.3 is 24.6 Å². The van der Waals surface area contributed by atoms with Crippen LogP contribution in [-0.2, 0) is 20.0 Å². The van der Waals surface area contributed by atoms with Gasteiger partial charge in [0, 0.05) is 69.4 Å². The molecule has 0 fully saturated rings. The summed E-state index contributed by atoms with van der Waals surface area (Å²) in [5.74, 6) is 0.570. The predicted molar refractivity (Wildman–Crippen MR) is 166 cm³/mol. The molecule has 0 atom stereocenters. The van der Waals surface area contributed by atoms with E-state index in [-0.39, 0.29) is 17.6 Å². The van der Waals surface area contributed by atoms with Gasteiger partial charge in [0.1, 0.15) is 11.5 Å². The first-order valence-corrected chi connectivity index (χ1v) is 14.8. The average Bonchev–Trinajstić information content (AvgIpc) is 3.25. The Labute approximate surface area is 251 Å². The van der Waals surface area contributed by atoms with E-state index in [2.05, 4.69) is 27.9 Å². The number of nitrogens with one attached hydrogen (secondary N) is 1. The van der Waals surface area contributed by atoms with Crippen molar-refractivity contribution in [1.82, 2.24) is 9.47 Å². The molecular weight excluding hydrogens is 641 g/mol. The minimum absolute atomic E-state index is 0.131. The number of anilines is 1. The molecular formula is C31H29ClIN3O4. The molecule has 4 aromatic rings. The third-order valence-corrected chi connectivity index (χ3v) is 7.91. The first-order chi connectivity index (χ1) is 19.3. The minimum atomic E-state index is -0.257. The van der Waals surface area contributed by atoms with Crippen LogP contribution in [-0.4, -0.2) is 44.0 Å². The lowest BCUT2D eigenvalue weighted by molar-refractivity contribution is 0.0734. The van der Waals surface area contributed by atoms with Crippen molar-refractivity contribution in [3.63, 3.8) is 0 Å². The Bertz CT molecular complexity index is 1600. The highest BCUT2D eigenvalue weighted by Crippen LogP contribution is 2.33. The van der Waals surface area contributed by atoms with E-state index in [1.807, 2.05) is 42.8 Å². The van der Waals surface area contributed by atoms with Gasteiger partial charge in [-0.15, -0.1) is 0 Å². The van der Waals surface area contributed by atoms with Crippen LogP contribution in [0, 0.1) is 6.92 Å². The van der Waals surface area contributed by atoms with Crippen LogP contribution in [0.1, 0.15) is 37.5 Å². The number of fused-ring (bicyclic) bond motifs is 1. The zero-order valence-electron chi connectivity index (χ0n) is 22.2. The van der Waals surface area contributed by atoms with E-state index in [9.17, 15) is 14.7 Å². The summed E-state index contributed by atoms with van der Waals surface area (Å²) in [6.07, 6.45) is 0.578. The van der Waals surface area contributed by atoms with Gasteiger partial charge in [-0.25, -0.2) is 0 Å². The Hall–Kier alpha value is -3.50. The standard InChI is InChI=1S/C31H29ClIN3O4/c1-19-26(30(38)34-22-6-4-7-23(16-22)40-14-12-33)17-28(35(19)2)27-15-21(32)9-10-25(27)31(39)36-13-11-24-20(18-36)5-3-8-29(24)37/h3-10,15-17,37H,11-14,18H2,1-2H3,(H,34,38). The van der Waals surface area contributed by atoms with Crippen LogP contribution in [0.15, 0.2) is 66.7 Å². The molecule has 206 valence electrons. The number of ether oxygens (including phenoxy) is 1. The Morgan fingerprint density at radius 1 is 1.07 bits per heavy atom. The van der Waals surface area contributed by atoms with Crippen LogP contribution in [0.5, 0.6) is 11.5 Å². The molecule has 0 radical (unpaired) electrons. The van der Waals surface area contributed by atoms with E-state index >= 15 is 0 Å². The summed E-state index contributed by atoms with van der Waals surface area (Å²) in [6.45, 7) is 3.36. The number of rotatable bonds is 7. The number of carbonyl (C=O) groups is 2. The fourth-order valence-electron chi connectivity index (χ4n) is 5.05. The number of nitrogens with zero attached hydrogens (tertiary/aromatic N) is 2. The van der Waals surface area contributed by atoms with Crippen LogP contribution >= 0.6 is 34.2 Å². The number of hydrogen-bond acceptors (Lipinski definition) is 4. The highest BCUT2D eigenvalue weighted by Gasteiger charge is 2.27. The normalized spacial score (nSPS) is 12.7. The topological polar surface area (TPSA) is 83.8 Å². The number of aromatic nitrogens is 1. The summed E-state index contributed by atoms with van der Waals surface area (Å²) < 4.78 is 8.45. The lowest BCUT2D eigenvalue weighted by Gasteiger charge is -2.30. The number of benzene rings is 3. The summed E-state index contributed by atoms with van der Waals surface area (Å²) in [5, 5.41) is 13.7. The van der Waals surface area contributed by atoms with E-state index in [0.29, 0.717) is 65.0 Å². The molecule has 0 bridgehead atoms. The fraction of sp³-hybridized carbons (Fsp3) is 0.226. The van der Waals surface area contributed by atoms with Gasteiger partial charge in [0.15, 0.2) is 0 Å². The van der Waals surface area contributed by atoms with Crippen molar-refractivity contribution in [2.24, 2.45) is 7.05 Å². The van der Waals surface area contributed by atoms with E-state index in [1.54, 1.807) is 47.4 Å². The number of phenolic OH excluding ortho intramolecular Hbond substituents is 1. The SMILES string of the molecule is Cc1c(C(=O)Nc2cccc(OCCI)c2)cc(-c2cc(Cl)ccc2C(=O)N2CCc3c(O)cccc3C2)n1C. The molecule has 0 unspecified atom stereocenters. The maximum atomic E-state index is 13.8. The second-order valence-electron chi connectivity index (χ2n) is 9.69. The van der Waals surface area contributed by atoms with Gasteiger partial charge >= 0.3 is 0 Å². The maximum Gasteiger partial charge on any atom is 0.257 e. The fourth-order valence-corrected chi connectivity index (χ4v) is 5.45. The highest BCUT2D eigenvalue weighted by molar-refractivity contribution is 14.1. The van der Waals surface area contributed by atoms with Gasteiger partial charge in [0.25, 0.3) is 11.8 Å². The van der Waals surface area contributed by atoms with E-state index < -0.39 is 0 Å². The van der Waals surface area contributed by atoms with Gasteiger partial charge in [-0.2, -0.15) is 0 Å². The summed E-state index contributed by atoms with van der Waals surface area (Å²) in [4.78, 5) is 28.9. The minimum Gasteiger partial charge on any atom is -0.508 e. The Balaban J connectivity index is 1.44. The van der Waals surface area contributed by atoms with E-state index in [4.69, 9.17) is 16.3 Å². The van der Waals surface area contributed by atoms with Crippen LogP contribution < -0.4 is 10.1 Å². The number of hydrogen-bond donors (Lipinski definition) is 2. The second-order valence-corrected chi connectivity index (χ2v) is 11.2. The predicted octanol–water partition coefficient (Wildman–Crippen LogP) is 6.62. The van der Waals surface area contributed by atoms with Gasteiger partial charge in [-0.1, -0.05) is 52.4 Å². The average molecular weight is 670 g/mol.